The maximum atomic E-state index is 3.43. The minimum absolute atomic E-state index is 0.437. The van der Waals surface area contributed by atoms with Gasteiger partial charge in [-0.05, 0) is 53.6 Å². The zero-order valence-corrected chi connectivity index (χ0v) is 12.0. The second-order valence-corrected chi connectivity index (χ2v) is 6.78. The summed E-state index contributed by atoms with van der Waals surface area (Å²) in [5.74, 6) is 0.761. The molecule has 0 spiro atoms. The second-order valence-electron chi connectivity index (χ2n) is 6.00. The zero-order valence-electron chi connectivity index (χ0n) is 11.2. The molecular weight excluding hydrogens is 214 g/mol. The molecule has 92 valence electrons. The van der Waals surface area contributed by atoms with E-state index in [1.54, 1.807) is 11.3 Å². The summed E-state index contributed by atoms with van der Waals surface area (Å²) in [5, 5.41) is 7.84. The van der Waals surface area contributed by atoms with Crippen molar-refractivity contribution >= 4 is 11.3 Å². The summed E-state index contributed by atoms with van der Waals surface area (Å²) in [6.07, 6.45) is 2.51. The maximum Gasteiger partial charge on any atom is 0.0328 e. The molecule has 1 heterocycles. The largest absolute Gasteiger partial charge is 0.313 e. The van der Waals surface area contributed by atoms with E-state index in [9.17, 15) is 0 Å². The highest BCUT2D eigenvalue weighted by Crippen LogP contribution is 2.30. The van der Waals surface area contributed by atoms with Crippen LogP contribution in [0.4, 0.5) is 0 Å². The first-order valence-corrected chi connectivity index (χ1v) is 7.06. The average molecular weight is 239 g/mol. The minimum atomic E-state index is 0.437. The molecule has 0 bridgehead atoms. The van der Waals surface area contributed by atoms with Crippen molar-refractivity contribution in [3.05, 3.63) is 22.4 Å². The predicted octanol–water partition coefficient (Wildman–Crippen LogP) is 4.47. The normalized spacial score (nSPS) is 16.1. The average Bonchev–Trinajstić information content (AvgIpc) is 2.63. The molecule has 0 radical (unpaired) electrons. The van der Waals surface area contributed by atoms with Gasteiger partial charge in [0.15, 0.2) is 0 Å². The highest BCUT2D eigenvalue weighted by Gasteiger charge is 2.19. The highest BCUT2D eigenvalue weighted by atomic mass is 32.1. The Hall–Kier alpha value is -0.340. The van der Waals surface area contributed by atoms with E-state index in [0.29, 0.717) is 11.5 Å². The molecule has 0 aliphatic heterocycles. The van der Waals surface area contributed by atoms with Gasteiger partial charge in [-0.2, -0.15) is 11.3 Å². The fourth-order valence-electron chi connectivity index (χ4n) is 2.42. The molecule has 0 saturated carbocycles. The third-order valence-corrected chi connectivity index (χ3v) is 3.59. The summed E-state index contributed by atoms with van der Waals surface area (Å²) >= 11 is 1.78. The third kappa shape index (κ3) is 4.67. The Morgan fingerprint density at radius 1 is 1.38 bits per heavy atom. The van der Waals surface area contributed by atoms with Crippen molar-refractivity contribution in [2.24, 2.45) is 11.3 Å². The fraction of sp³-hybridized carbons (Fsp3) is 0.714. The molecule has 16 heavy (non-hydrogen) atoms. The van der Waals surface area contributed by atoms with Gasteiger partial charge in [-0.15, -0.1) is 0 Å². The molecule has 0 amide bonds. The Bertz CT molecular complexity index is 284. The van der Waals surface area contributed by atoms with Crippen molar-refractivity contribution in [3.63, 3.8) is 0 Å². The summed E-state index contributed by atoms with van der Waals surface area (Å²) < 4.78 is 0. The number of nitrogens with one attached hydrogen (secondary N) is 1. The maximum absolute atomic E-state index is 3.43. The topological polar surface area (TPSA) is 12.0 Å². The quantitative estimate of drug-likeness (QED) is 0.799. The second kappa shape index (κ2) is 5.83. The molecular formula is C14H25NS. The molecule has 0 saturated heterocycles. The van der Waals surface area contributed by atoms with Crippen molar-refractivity contribution < 1.29 is 0 Å². The Morgan fingerprint density at radius 2 is 2.06 bits per heavy atom. The lowest BCUT2D eigenvalue weighted by molar-refractivity contribution is 0.279. The van der Waals surface area contributed by atoms with Crippen LogP contribution in [0.2, 0.25) is 0 Å². The van der Waals surface area contributed by atoms with E-state index in [0.717, 1.165) is 5.92 Å². The Morgan fingerprint density at radius 3 is 2.50 bits per heavy atom. The van der Waals surface area contributed by atoms with Crippen LogP contribution >= 0.6 is 11.3 Å². The van der Waals surface area contributed by atoms with Gasteiger partial charge in [0, 0.05) is 6.04 Å². The molecule has 2 heteroatoms. The Balaban J connectivity index is 2.51. The summed E-state index contributed by atoms with van der Waals surface area (Å²) in [6.45, 7) is 9.33. The molecule has 2 unspecified atom stereocenters. The van der Waals surface area contributed by atoms with Crippen LogP contribution < -0.4 is 5.32 Å². The van der Waals surface area contributed by atoms with Gasteiger partial charge in [0.25, 0.3) is 0 Å². The smallest absolute Gasteiger partial charge is 0.0328 e. The van der Waals surface area contributed by atoms with Crippen LogP contribution in [0.5, 0.6) is 0 Å². The van der Waals surface area contributed by atoms with E-state index in [-0.39, 0.29) is 0 Å². The summed E-state index contributed by atoms with van der Waals surface area (Å²) in [4.78, 5) is 0. The van der Waals surface area contributed by atoms with Crippen molar-refractivity contribution in [2.75, 3.05) is 7.05 Å². The van der Waals surface area contributed by atoms with E-state index in [2.05, 4.69) is 56.9 Å². The van der Waals surface area contributed by atoms with E-state index < -0.39 is 0 Å². The Labute approximate surface area is 104 Å². The lowest BCUT2D eigenvalue weighted by Crippen LogP contribution is -2.20. The summed E-state index contributed by atoms with van der Waals surface area (Å²) in [6, 6.07) is 2.75. The van der Waals surface area contributed by atoms with Gasteiger partial charge in [-0.3, -0.25) is 0 Å². The fourth-order valence-corrected chi connectivity index (χ4v) is 3.14. The van der Waals surface area contributed by atoms with Gasteiger partial charge in [-0.1, -0.05) is 27.7 Å². The predicted molar refractivity (Wildman–Crippen MR) is 74.0 cm³/mol. The van der Waals surface area contributed by atoms with Crippen LogP contribution in [0, 0.1) is 11.3 Å². The van der Waals surface area contributed by atoms with Crippen molar-refractivity contribution in [2.45, 2.75) is 46.6 Å². The molecule has 2 atom stereocenters. The highest BCUT2D eigenvalue weighted by molar-refractivity contribution is 7.07. The molecule has 1 aromatic rings. The van der Waals surface area contributed by atoms with E-state index in [4.69, 9.17) is 0 Å². The number of hydrogen-bond acceptors (Lipinski definition) is 2. The molecule has 0 aromatic carbocycles. The van der Waals surface area contributed by atoms with Gasteiger partial charge < -0.3 is 5.32 Å². The number of hydrogen-bond donors (Lipinski definition) is 1. The summed E-state index contributed by atoms with van der Waals surface area (Å²) in [5.41, 5.74) is 1.88. The first-order chi connectivity index (χ1) is 7.42. The SMILES string of the molecule is CNC(CC(C)CC(C)(C)C)c1ccsc1. The monoisotopic (exact) mass is 239 g/mol. The van der Waals surface area contributed by atoms with Crippen molar-refractivity contribution in [1.29, 1.82) is 0 Å². The summed E-state index contributed by atoms with van der Waals surface area (Å²) in [7, 11) is 2.06. The number of thiophene rings is 1. The minimum Gasteiger partial charge on any atom is -0.313 e. The Kier molecular flexibility index (Phi) is 5.00. The molecule has 0 fully saturated rings. The van der Waals surface area contributed by atoms with Crippen molar-refractivity contribution in [3.8, 4) is 0 Å². The van der Waals surface area contributed by atoms with E-state index in [1.165, 1.54) is 18.4 Å². The van der Waals surface area contributed by atoms with Crippen molar-refractivity contribution in [1.82, 2.24) is 5.32 Å². The molecule has 1 aromatic heterocycles. The lowest BCUT2D eigenvalue weighted by Gasteiger charge is -2.26. The first kappa shape index (κ1) is 13.7. The molecule has 1 nitrogen and oxygen atoms in total. The first-order valence-electron chi connectivity index (χ1n) is 6.12. The van der Waals surface area contributed by atoms with Gasteiger partial charge in [0.1, 0.15) is 0 Å². The van der Waals surface area contributed by atoms with E-state index in [1.807, 2.05) is 0 Å². The van der Waals surface area contributed by atoms with Crippen LogP contribution in [0.15, 0.2) is 16.8 Å². The zero-order chi connectivity index (χ0) is 12.2. The van der Waals surface area contributed by atoms with Gasteiger partial charge in [-0.25, -0.2) is 0 Å². The van der Waals surface area contributed by atoms with Gasteiger partial charge >= 0.3 is 0 Å². The number of rotatable bonds is 5. The lowest BCUT2D eigenvalue weighted by atomic mass is 9.82. The molecule has 0 aliphatic rings. The molecule has 0 aliphatic carbocycles. The van der Waals surface area contributed by atoms with Crippen LogP contribution in [0.3, 0.4) is 0 Å². The van der Waals surface area contributed by atoms with Gasteiger partial charge in [0.2, 0.25) is 0 Å². The molecule has 1 N–H and O–H groups in total. The van der Waals surface area contributed by atoms with Gasteiger partial charge in [0.05, 0.1) is 0 Å². The van der Waals surface area contributed by atoms with Crippen LogP contribution in [-0.4, -0.2) is 7.05 Å². The standard InChI is InChI=1S/C14H25NS/c1-11(9-14(2,3)4)8-13(15-5)12-6-7-16-10-12/h6-7,10-11,13,15H,8-9H2,1-5H3. The van der Waals surface area contributed by atoms with E-state index >= 15 is 0 Å². The molecule has 1 rings (SSSR count). The van der Waals surface area contributed by atoms with Crippen LogP contribution in [0.25, 0.3) is 0 Å². The van der Waals surface area contributed by atoms with Crippen LogP contribution in [0.1, 0.15) is 52.1 Å². The third-order valence-electron chi connectivity index (χ3n) is 2.89. The van der Waals surface area contributed by atoms with Crippen LogP contribution in [-0.2, 0) is 0 Å².